The zero-order valence-electron chi connectivity index (χ0n) is 13.2. The van der Waals surface area contributed by atoms with E-state index in [4.69, 9.17) is 11.6 Å². The molecule has 2 aromatic carbocycles. The maximum Gasteiger partial charge on any atom is 0.297 e. The van der Waals surface area contributed by atoms with E-state index in [1.807, 2.05) is 30.3 Å². The Morgan fingerprint density at radius 1 is 1.12 bits per heavy atom. The van der Waals surface area contributed by atoms with Crippen LogP contribution in [0, 0.1) is 12.7 Å². The highest BCUT2D eigenvalue weighted by Crippen LogP contribution is 2.20. The zero-order chi connectivity index (χ0) is 17.3. The SMILES string of the molecule is Cc1c(N=Cc2c(F)cccc2Cl)c(=O)n(-c2ccccc2)n1C. The molecular weight excluding hydrogens is 329 g/mol. The van der Waals surface area contributed by atoms with Crippen molar-refractivity contribution in [3.8, 4) is 5.69 Å². The number of aromatic nitrogens is 2. The van der Waals surface area contributed by atoms with Gasteiger partial charge in [0.05, 0.1) is 16.4 Å². The number of hydrogen-bond acceptors (Lipinski definition) is 2. The highest BCUT2D eigenvalue weighted by atomic mass is 35.5. The number of benzene rings is 2. The summed E-state index contributed by atoms with van der Waals surface area (Å²) in [6, 6.07) is 13.6. The third-order valence-corrected chi connectivity index (χ3v) is 4.18. The predicted molar refractivity (Wildman–Crippen MR) is 94.4 cm³/mol. The van der Waals surface area contributed by atoms with Crippen molar-refractivity contribution in [3.05, 3.63) is 81.0 Å². The Kier molecular flexibility index (Phi) is 4.36. The van der Waals surface area contributed by atoms with Gasteiger partial charge >= 0.3 is 0 Å². The molecule has 6 heteroatoms. The summed E-state index contributed by atoms with van der Waals surface area (Å²) in [7, 11) is 1.78. The number of para-hydroxylation sites is 1. The van der Waals surface area contributed by atoms with Crippen molar-refractivity contribution in [1.29, 1.82) is 0 Å². The normalized spacial score (nSPS) is 11.3. The van der Waals surface area contributed by atoms with Crippen LogP contribution in [0.5, 0.6) is 0 Å². The van der Waals surface area contributed by atoms with E-state index in [0.29, 0.717) is 5.69 Å². The molecule has 0 radical (unpaired) electrons. The molecule has 3 rings (SSSR count). The van der Waals surface area contributed by atoms with Gasteiger partial charge in [0.25, 0.3) is 5.56 Å². The predicted octanol–water partition coefficient (Wildman–Crippen LogP) is 4.03. The van der Waals surface area contributed by atoms with Gasteiger partial charge in [0, 0.05) is 18.8 Å². The molecule has 122 valence electrons. The van der Waals surface area contributed by atoms with Crippen LogP contribution in [-0.2, 0) is 7.05 Å². The van der Waals surface area contributed by atoms with Gasteiger partial charge in [-0.15, -0.1) is 0 Å². The average molecular weight is 344 g/mol. The molecule has 0 aliphatic rings. The van der Waals surface area contributed by atoms with E-state index >= 15 is 0 Å². The molecule has 0 unspecified atom stereocenters. The highest BCUT2D eigenvalue weighted by molar-refractivity contribution is 6.33. The molecule has 24 heavy (non-hydrogen) atoms. The maximum absolute atomic E-state index is 13.8. The molecular formula is C18H15ClFN3O. The first-order valence-electron chi connectivity index (χ1n) is 7.33. The number of nitrogens with zero attached hydrogens (tertiary/aromatic N) is 3. The van der Waals surface area contributed by atoms with E-state index in [-0.39, 0.29) is 21.8 Å². The number of halogens is 2. The quantitative estimate of drug-likeness (QED) is 0.662. The van der Waals surface area contributed by atoms with Gasteiger partial charge in [0.15, 0.2) is 5.69 Å². The van der Waals surface area contributed by atoms with Gasteiger partial charge < -0.3 is 0 Å². The lowest BCUT2D eigenvalue weighted by Gasteiger charge is -2.07. The molecule has 0 fully saturated rings. The summed E-state index contributed by atoms with van der Waals surface area (Å²) in [5.41, 5.74) is 1.55. The summed E-state index contributed by atoms with van der Waals surface area (Å²) < 4.78 is 17.1. The minimum atomic E-state index is -0.483. The second-order valence-corrected chi connectivity index (χ2v) is 5.71. The third-order valence-electron chi connectivity index (χ3n) is 3.85. The van der Waals surface area contributed by atoms with Crippen molar-refractivity contribution < 1.29 is 4.39 Å². The minimum Gasteiger partial charge on any atom is -0.283 e. The number of aliphatic imine (C=N–C) groups is 1. The molecule has 0 aliphatic heterocycles. The second-order valence-electron chi connectivity index (χ2n) is 5.30. The van der Waals surface area contributed by atoms with Gasteiger partial charge in [-0.1, -0.05) is 35.9 Å². The molecule has 1 aromatic heterocycles. The van der Waals surface area contributed by atoms with Crippen molar-refractivity contribution in [2.45, 2.75) is 6.92 Å². The monoisotopic (exact) mass is 343 g/mol. The molecule has 3 aromatic rings. The number of hydrogen-bond donors (Lipinski definition) is 0. The van der Waals surface area contributed by atoms with Crippen LogP contribution in [0.4, 0.5) is 10.1 Å². The Hall–Kier alpha value is -2.66. The first-order chi connectivity index (χ1) is 11.5. The van der Waals surface area contributed by atoms with E-state index < -0.39 is 5.82 Å². The fourth-order valence-electron chi connectivity index (χ4n) is 2.47. The summed E-state index contributed by atoms with van der Waals surface area (Å²) in [5, 5.41) is 0.246. The molecule has 0 bridgehead atoms. The van der Waals surface area contributed by atoms with Crippen molar-refractivity contribution in [2.24, 2.45) is 12.0 Å². The van der Waals surface area contributed by atoms with Gasteiger partial charge in [0.2, 0.25) is 0 Å². The molecule has 0 spiro atoms. The van der Waals surface area contributed by atoms with Crippen LogP contribution < -0.4 is 5.56 Å². The van der Waals surface area contributed by atoms with Crippen molar-refractivity contribution >= 4 is 23.5 Å². The van der Waals surface area contributed by atoms with E-state index in [0.717, 1.165) is 5.69 Å². The number of rotatable bonds is 3. The van der Waals surface area contributed by atoms with E-state index in [1.165, 1.54) is 23.0 Å². The molecule has 0 atom stereocenters. The van der Waals surface area contributed by atoms with Crippen molar-refractivity contribution in [1.82, 2.24) is 9.36 Å². The molecule has 0 N–H and O–H groups in total. The van der Waals surface area contributed by atoms with Crippen LogP contribution in [0.15, 0.2) is 58.3 Å². The fourth-order valence-corrected chi connectivity index (χ4v) is 2.68. The van der Waals surface area contributed by atoms with Crippen LogP contribution >= 0.6 is 11.6 Å². The van der Waals surface area contributed by atoms with E-state index in [9.17, 15) is 9.18 Å². The van der Waals surface area contributed by atoms with Crippen LogP contribution in [0.2, 0.25) is 5.02 Å². The lowest BCUT2D eigenvalue weighted by Crippen LogP contribution is -2.19. The average Bonchev–Trinajstić information content (AvgIpc) is 2.78. The van der Waals surface area contributed by atoms with E-state index in [2.05, 4.69) is 4.99 Å². The summed E-state index contributed by atoms with van der Waals surface area (Å²) in [6.07, 6.45) is 1.29. The molecule has 0 amide bonds. The first kappa shape index (κ1) is 16.2. The van der Waals surface area contributed by atoms with Crippen molar-refractivity contribution in [2.75, 3.05) is 0 Å². The van der Waals surface area contributed by atoms with Gasteiger partial charge in [0.1, 0.15) is 5.82 Å². The lowest BCUT2D eigenvalue weighted by molar-refractivity contribution is 0.626. The van der Waals surface area contributed by atoms with Gasteiger partial charge in [-0.3, -0.25) is 9.48 Å². The Labute approximate surface area is 143 Å². The summed E-state index contributed by atoms with van der Waals surface area (Å²) in [5.74, 6) is -0.483. The maximum atomic E-state index is 13.8. The van der Waals surface area contributed by atoms with Crippen molar-refractivity contribution in [3.63, 3.8) is 0 Å². The van der Waals surface area contributed by atoms with Gasteiger partial charge in [-0.25, -0.2) is 14.1 Å². The Morgan fingerprint density at radius 2 is 1.83 bits per heavy atom. The summed E-state index contributed by atoms with van der Waals surface area (Å²) >= 11 is 5.99. The third kappa shape index (κ3) is 2.78. The van der Waals surface area contributed by atoms with Crippen LogP contribution in [0.1, 0.15) is 11.3 Å². The smallest absolute Gasteiger partial charge is 0.283 e. The zero-order valence-corrected chi connectivity index (χ0v) is 14.0. The molecule has 4 nitrogen and oxygen atoms in total. The molecule has 1 heterocycles. The van der Waals surface area contributed by atoms with E-state index in [1.54, 1.807) is 24.7 Å². The topological polar surface area (TPSA) is 39.3 Å². The molecule has 0 saturated heterocycles. The highest BCUT2D eigenvalue weighted by Gasteiger charge is 2.15. The standard InChI is InChI=1S/C18H15ClFN3O/c1-12-17(21-11-14-15(19)9-6-10-16(14)20)18(24)23(22(12)2)13-7-4-3-5-8-13/h3-11H,1-2H3. The fraction of sp³-hybridized carbons (Fsp3) is 0.111. The molecule has 0 aliphatic carbocycles. The van der Waals surface area contributed by atoms with Gasteiger partial charge in [-0.05, 0) is 31.2 Å². The lowest BCUT2D eigenvalue weighted by atomic mass is 10.2. The van der Waals surface area contributed by atoms with Gasteiger partial charge in [-0.2, -0.15) is 0 Å². The Balaban J connectivity index is 2.11. The van der Waals surface area contributed by atoms with Crippen LogP contribution in [0.3, 0.4) is 0 Å². The Bertz CT molecular complexity index is 954. The first-order valence-corrected chi connectivity index (χ1v) is 7.70. The van der Waals surface area contributed by atoms with Crippen LogP contribution in [-0.4, -0.2) is 15.6 Å². The molecule has 0 saturated carbocycles. The summed E-state index contributed by atoms with van der Waals surface area (Å²) in [6.45, 7) is 1.79. The second kappa shape index (κ2) is 6.45. The summed E-state index contributed by atoms with van der Waals surface area (Å²) in [4.78, 5) is 16.9. The largest absolute Gasteiger partial charge is 0.297 e. The Morgan fingerprint density at radius 3 is 2.50 bits per heavy atom. The van der Waals surface area contributed by atoms with Crippen LogP contribution in [0.25, 0.3) is 5.69 Å². The minimum absolute atomic E-state index is 0.160.